The molecule has 6 heteroatoms. The van der Waals surface area contributed by atoms with Crippen molar-refractivity contribution < 1.29 is 9.15 Å². The fourth-order valence-corrected chi connectivity index (χ4v) is 2.96. The average Bonchev–Trinajstić information content (AvgIpc) is 2.92. The molecule has 0 saturated heterocycles. The largest absolute Gasteiger partial charge is 0.455 e. The van der Waals surface area contributed by atoms with Gasteiger partial charge in [-0.25, -0.2) is 0 Å². The molecule has 2 aromatic rings. The normalized spacial score (nSPS) is 18.6. The minimum atomic E-state index is 0.118. The highest BCUT2D eigenvalue weighted by Crippen LogP contribution is 2.22. The first kappa shape index (κ1) is 14.2. The summed E-state index contributed by atoms with van der Waals surface area (Å²) >= 11 is 1.62. The standard InChI is InChI=1S/C15H17N3O2S/c1-10(8-19-2)16-15-18-17-12(9-21-15)14-7-11-5-3-4-6-13(11)20-14/h3-7,10H,8-9H2,1-2H3,(H,16,18)/t10-/m1/s1. The lowest BCUT2D eigenvalue weighted by molar-refractivity contribution is 0.186. The number of amidine groups is 1. The van der Waals surface area contributed by atoms with E-state index in [0.29, 0.717) is 6.61 Å². The van der Waals surface area contributed by atoms with Crippen LogP contribution in [-0.4, -0.2) is 36.4 Å². The molecular formula is C15H17N3O2S. The highest BCUT2D eigenvalue weighted by Gasteiger charge is 2.17. The second-order valence-corrected chi connectivity index (χ2v) is 5.81. The molecule has 0 unspecified atom stereocenters. The predicted octanol–water partition coefficient (Wildman–Crippen LogP) is 2.86. The van der Waals surface area contributed by atoms with Crippen LogP contribution < -0.4 is 5.43 Å². The SMILES string of the molecule is COC[C@@H](C)N=C1NN=C(c2cc3ccccc3o2)CS1. The lowest BCUT2D eigenvalue weighted by atomic mass is 10.2. The van der Waals surface area contributed by atoms with Gasteiger partial charge < -0.3 is 9.15 Å². The molecule has 0 saturated carbocycles. The first-order chi connectivity index (χ1) is 10.3. The molecule has 0 bridgehead atoms. The highest BCUT2D eigenvalue weighted by atomic mass is 32.2. The van der Waals surface area contributed by atoms with E-state index in [2.05, 4.69) is 15.5 Å². The average molecular weight is 303 g/mol. The molecule has 0 amide bonds. The van der Waals surface area contributed by atoms with Crippen molar-refractivity contribution in [2.24, 2.45) is 10.1 Å². The van der Waals surface area contributed by atoms with Gasteiger partial charge in [-0.15, -0.1) is 0 Å². The summed E-state index contributed by atoms with van der Waals surface area (Å²) in [4.78, 5) is 4.50. The van der Waals surface area contributed by atoms with Crippen LogP contribution >= 0.6 is 11.8 Å². The summed E-state index contributed by atoms with van der Waals surface area (Å²) in [6.07, 6.45) is 0. The number of aliphatic imine (C=N–C) groups is 1. The molecule has 0 fully saturated rings. The number of para-hydroxylation sites is 1. The van der Waals surface area contributed by atoms with E-state index in [9.17, 15) is 0 Å². The van der Waals surface area contributed by atoms with Crippen molar-refractivity contribution in [1.29, 1.82) is 0 Å². The Hall–Kier alpha value is -1.79. The number of thioether (sulfide) groups is 1. The number of rotatable bonds is 4. The number of ether oxygens (including phenoxy) is 1. The Kier molecular flexibility index (Phi) is 4.26. The van der Waals surface area contributed by atoms with Crippen LogP contribution in [0.25, 0.3) is 11.0 Å². The van der Waals surface area contributed by atoms with Crippen LogP contribution in [0, 0.1) is 0 Å². The molecule has 1 atom stereocenters. The van der Waals surface area contributed by atoms with Gasteiger partial charge in [0.1, 0.15) is 11.3 Å². The Bertz CT molecular complexity index is 660. The molecule has 5 nitrogen and oxygen atoms in total. The van der Waals surface area contributed by atoms with Crippen LogP contribution in [0.2, 0.25) is 0 Å². The Labute approximate surface area is 127 Å². The number of furan rings is 1. The van der Waals surface area contributed by atoms with Gasteiger partial charge in [-0.05, 0) is 19.1 Å². The Morgan fingerprint density at radius 1 is 1.48 bits per heavy atom. The first-order valence-corrected chi connectivity index (χ1v) is 7.76. The van der Waals surface area contributed by atoms with Gasteiger partial charge in [-0.3, -0.25) is 10.4 Å². The lowest BCUT2D eigenvalue weighted by Gasteiger charge is -2.14. The zero-order valence-electron chi connectivity index (χ0n) is 12.0. The third-order valence-electron chi connectivity index (χ3n) is 3.09. The van der Waals surface area contributed by atoms with Crippen LogP contribution in [0.1, 0.15) is 12.7 Å². The molecule has 1 N–H and O–H groups in total. The number of hydrogen-bond donors (Lipinski definition) is 1. The first-order valence-electron chi connectivity index (χ1n) is 6.77. The van der Waals surface area contributed by atoms with E-state index in [1.54, 1.807) is 18.9 Å². The lowest BCUT2D eigenvalue weighted by Crippen LogP contribution is -2.27. The fraction of sp³-hybridized carbons (Fsp3) is 0.333. The van der Waals surface area contributed by atoms with E-state index in [0.717, 1.165) is 33.4 Å². The molecule has 1 aromatic carbocycles. The predicted molar refractivity (Wildman–Crippen MR) is 87.1 cm³/mol. The molecule has 110 valence electrons. The van der Waals surface area contributed by atoms with Crippen molar-refractivity contribution in [3.8, 4) is 0 Å². The van der Waals surface area contributed by atoms with Gasteiger partial charge in [0.05, 0.1) is 12.6 Å². The number of fused-ring (bicyclic) bond motifs is 1. The second-order valence-electron chi connectivity index (χ2n) is 4.85. The Balaban J connectivity index is 1.75. The zero-order valence-corrected chi connectivity index (χ0v) is 12.8. The number of hydrogen-bond acceptors (Lipinski definition) is 5. The van der Waals surface area contributed by atoms with Crippen LogP contribution in [0.15, 0.2) is 44.8 Å². The Morgan fingerprint density at radius 3 is 3.05 bits per heavy atom. The number of nitrogens with one attached hydrogen (secondary N) is 1. The molecule has 1 aliphatic heterocycles. The summed E-state index contributed by atoms with van der Waals surface area (Å²) in [5.74, 6) is 1.55. The monoisotopic (exact) mass is 303 g/mol. The van der Waals surface area contributed by atoms with Crippen LogP contribution in [-0.2, 0) is 4.74 Å². The van der Waals surface area contributed by atoms with E-state index in [-0.39, 0.29) is 6.04 Å². The number of benzene rings is 1. The van der Waals surface area contributed by atoms with Gasteiger partial charge >= 0.3 is 0 Å². The highest BCUT2D eigenvalue weighted by molar-refractivity contribution is 8.14. The van der Waals surface area contributed by atoms with E-state index in [4.69, 9.17) is 9.15 Å². The van der Waals surface area contributed by atoms with Crippen LogP contribution in [0.3, 0.4) is 0 Å². The maximum absolute atomic E-state index is 5.82. The summed E-state index contributed by atoms with van der Waals surface area (Å²) in [6, 6.07) is 10.1. The number of methoxy groups -OCH3 is 1. The molecule has 21 heavy (non-hydrogen) atoms. The van der Waals surface area contributed by atoms with E-state index in [1.165, 1.54) is 0 Å². The second kappa shape index (κ2) is 6.32. The summed E-state index contributed by atoms with van der Waals surface area (Å²) in [6.45, 7) is 2.61. The van der Waals surface area contributed by atoms with Crippen molar-refractivity contribution in [1.82, 2.24) is 5.43 Å². The third kappa shape index (κ3) is 3.28. The van der Waals surface area contributed by atoms with Gasteiger partial charge in [0, 0.05) is 18.2 Å². The summed E-state index contributed by atoms with van der Waals surface area (Å²) < 4.78 is 10.9. The molecule has 1 aliphatic rings. The van der Waals surface area contributed by atoms with Crippen molar-refractivity contribution in [3.63, 3.8) is 0 Å². The van der Waals surface area contributed by atoms with Gasteiger partial charge in [0.15, 0.2) is 10.9 Å². The van der Waals surface area contributed by atoms with Crippen LogP contribution in [0.4, 0.5) is 0 Å². The maximum Gasteiger partial charge on any atom is 0.177 e. The fourth-order valence-electron chi connectivity index (χ4n) is 2.11. The topological polar surface area (TPSA) is 59.1 Å². The maximum atomic E-state index is 5.82. The Morgan fingerprint density at radius 2 is 2.33 bits per heavy atom. The minimum Gasteiger partial charge on any atom is -0.455 e. The number of hydrazone groups is 1. The van der Waals surface area contributed by atoms with Crippen molar-refractivity contribution in [2.75, 3.05) is 19.5 Å². The molecule has 0 aliphatic carbocycles. The summed E-state index contributed by atoms with van der Waals surface area (Å²) in [7, 11) is 1.68. The quantitative estimate of drug-likeness (QED) is 0.943. The smallest absolute Gasteiger partial charge is 0.177 e. The van der Waals surface area contributed by atoms with Gasteiger partial charge in [0.2, 0.25) is 0 Å². The molecule has 1 aromatic heterocycles. The zero-order chi connectivity index (χ0) is 14.7. The van der Waals surface area contributed by atoms with E-state index >= 15 is 0 Å². The van der Waals surface area contributed by atoms with Gasteiger partial charge in [-0.1, -0.05) is 30.0 Å². The molecular weight excluding hydrogens is 286 g/mol. The van der Waals surface area contributed by atoms with Crippen molar-refractivity contribution >= 4 is 33.6 Å². The molecule has 0 radical (unpaired) electrons. The summed E-state index contributed by atoms with van der Waals surface area (Å²) in [5, 5.41) is 6.28. The summed E-state index contributed by atoms with van der Waals surface area (Å²) in [5.41, 5.74) is 4.77. The molecule has 0 spiro atoms. The minimum absolute atomic E-state index is 0.118. The molecule has 2 heterocycles. The van der Waals surface area contributed by atoms with Crippen molar-refractivity contribution in [3.05, 3.63) is 36.1 Å². The van der Waals surface area contributed by atoms with Crippen molar-refractivity contribution in [2.45, 2.75) is 13.0 Å². The number of nitrogens with zero attached hydrogens (tertiary/aromatic N) is 2. The van der Waals surface area contributed by atoms with Crippen LogP contribution in [0.5, 0.6) is 0 Å². The molecule has 3 rings (SSSR count). The third-order valence-corrected chi connectivity index (χ3v) is 3.98. The van der Waals surface area contributed by atoms with E-state index in [1.807, 2.05) is 37.3 Å². The van der Waals surface area contributed by atoms with E-state index < -0.39 is 0 Å². The van der Waals surface area contributed by atoms with Gasteiger partial charge in [0.25, 0.3) is 0 Å². The van der Waals surface area contributed by atoms with Gasteiger partial charge in [-0.2, -0.15) is 5.10 Å².